The van der Waals surface area contributed by atoms with E-state index in [1.807, 2.05) is 34.7 Å². The van der Waals surface area contributed by atoms with E-state index in [0.717, 1.165) is 0 Å². The van der Waals surface area contributed by atoms with Crippen molar-refractivity contribution in [3.05, 3.63) is 56.9 Å². The van der Waals surface area contributed by atoms with Gasteiger partial charge in [0.15, 0.2) is 0 Å². The van der Waals surface area contributed by atoms with E-state index in [0.29, 0.717) is 13.1 Å². The second-order valence-corrected chi connectivity index (χ2v) is 5.92. The minimum atomic E-state index is 0.0688. The summed E-state index contributed by atoms with van der Waals surface area (Å²) in [6, 6.07) is 8.16. The minimum Gasteiger partial charge on any atom is -0.329 e. The zero-order chi connectivity index (χ0) is 12.8. The predicted octanol–water partition coefficient (Wildman–Crippen LogP) is 3.91. The van der Waals surface area contributed by atoms with Gasteiger partial charge in [-0.1, -0.05) is 18.2 Å². The van der Waals surface area contributed by atoms with E-state index in [1.165, 1.54) is 9.75 Å². The zero-order valence-corrected chi connectivity index (χ0v) is 11.8. The maximum Gasteiger partial charge on any atom is 0.246 e. The number of allylic oxidation sites excluding steroid dienone is 1. The Hall–Kier alpha value is -1.39. The van der Waals surface area contributed by atoms with Crippen LogP contribution in [-0.2, 0) is 17.9 Å². The van der Waals surface area contributed by atoms with Crippen molar-refractivity contribution in [2.24, 2.45) is 0 Å². The van der Waals surface area contributed by atoms with Crippen LogP contribution in [0.15, 0.2) is 47.2 Å². The molecule has 0 aliphatic rings. The molecule has 0 aromatic carbocycles. The maximum absolute atomic E-state index is 12.0. The summed E-state index contributed by atoms with van der Waals surface area (Å²) in [6.07, 6.45) is 3.42. The smallest absolute Gasteiger partial charge is 0.246 e. The molecule has 0 fully saturated rings. The molecule has 4 heteroatoms. The summed E-state index contributed by atoms with van der Waals surface area (Å²) in [4.78, 5) is 16.3. The predicted molar refractivity (Wildman–Crippen MR) is 77.7 cm³/mol. The van der Waals surface area contributed by atoms with Crippen LogP contribution in [0.1, 0.15) is 16.7 Å². The Morgan fingerprint density at radius 3 is 2.11 bits per heavy atom. The summed E-state index contributed by atoms with van der Waals surface area (Å²) in [5.41, 5.74) is 0. The van der Waals surface area contributed by atoms with E-state index in [1.54, 1.807) is 34.8 Å². The first-order chi connectivity index (χ1) is 8.79. The molecule has 18 heavy (non-hydrogen) atoms. The molecule has 0 unspecified atom stereocenters. The highest BCUT2D eigenvalue weighted by molar-refractivity contribution is 7.10. The average Bonchev–Trinajstić information content (AvgIpc) is 3.01. The summed E-state index contributed by atoms with van der Waals surface area (Å²) in [7, 11) is 0. The molecule has 0 saturated carbocycles. The Bertz CT molecular complexity index is 464. The van der Waals surface area contributed by atoms with Crippen LogP contribution in [0.2, 0.25) is 0 Å². The number of rotatable bonds is 5. The molecule has 2 rings (SSSR count). The van der Waals surface area contributed by atoms with Crippen molar-refractivity contribution in [2.45, 2.75) is 20.0 Å². The van der Waals surface area contributed by atoms with Crippen molar-refractivity contribution < 1.29 is 4.79 Å². The van der Waals surface area contributed by atoms with Crippen molar-refractivity contribution in [2.75, 3.05) is 0 Å². The van der Waals surface area contributed by atoms with Crippen LogP contribution < -0.4 is 0 Å². The highest BCUT2D eigenvalue weighted by Gasteiger charge is 2.12. The van der Waals surface area contributed by atoms with E-state index in [-0.39, 0.29) is 5.91 Å². The van der Waals surface area contributed by atoms with Crippen LogP contribution in [0.5, 0.6) is 0 Å². The first kappa shape index (κ1) is 13.1. The van der Waals surface area contributed by atoms with E-state index < -0.39 is 0 Å². The largest absolute Gasteiger partial charge is 0.329 e. The van der Waals surface area contributed by atoms with Gasteiger partial charge in [0.1, 0.15) is 0 Å². The standard InChI is InChI=1S/C14H15NOS2/c1-2-5-14(16)15(10-12-6-3-8-17-12)11-13-7-4-9-18-13/h2-9H,10-11H2,1H3/b5-2-. The summed E-state index contributed by atoms with van der Waals surface area (Å²) in [6.45, 7) is 3.23. The van der Waals surface area contributed by atoms with E-state index in [2.05, 4.69) is 12.1 Å². The molecular weight excluding hydrogens is 262 g/mol. The fourth-order valence-electron chi connectivity index (χ4n) is 1.64. The SMILES string of the molecule is C/C=C\C(=O)N(Cc1cccs1)Cc1cccs1. The molecule has 0 aliphatic heterocycles. The van der Waals surface area contributed by atoms with Crippen molar-refractivity contribution in [3.8, 4) is 0 Å². The number of hydrogen-bond donors (Lipinski definition) is 0. The van der Waals surface area contributed by atoms with Crippen LogP contribution in [0.3, 0.4) is 0 Å². The summed E-state index contributed by atoms with van der Waals surface area (Å²) in [5.74, 6) is 0.0688. The molecule has 0 atom stereocenters. The molecule has 0 bridgehead atoms. The van der Waals surface area contributed by atoms with Crippen LogP contribution in [-0.4, -0.2) is 10.8 Å². The van der Waals surface area contributed by atoms with Gasteiger partial charge in [-0.25, -0.2) is 0 Å². The molecule has 1 amide bonds. The van der Waals surface area contributed by atoms with E-state index in [4.69, 9.17) is 0 Å². The molecular formula is C14H15NOS2. The van der Waals surface area contributed by atoms with Gasteiger partial charge in [0, 0.05) is 9.75 Å². The highest BCUT2D eigenvalue weighted by Crippen LogP contribution is 2.17. The van der Waals surface area contributed by atoms with Crippen molar-refractivity contribution in [1.29, 1.82) is 0 Å². The second kappa shape index (κ2) is 6.52. The van der Waals surface area contributed by atoms with Gasteiger partial charge in [0.2, 0.25) is 5.91 Å². The van der Waals surface area contributed by atoms with Gasteiger partial charge < -0.3 is 4.90 Å². The Labute approximate surface area is 115 Å². The first-order valence-corrected chi connectivity index (χ1v) is 7.52. The summed E-state index contributed by atoms with van der Waals surface area (Å²) >= 11 is 3.37. The fraction of sp³-hybridized carbons (Fsp3) is 0.214. The van der Waals surface area contributed by atoms with Gasteiger partial charge >= 0.3 is 0 Å². The number of hydrogen-bond acceptors (Lipinski definition) is 3. The van der Waals surface area contributed by atoms with Gasteiger partial charge in [-0.15, -0.1) is 22.7 Å². The lowest BCUT2D eigenvalue weighted by Crippen LogP contribution is -2.27. The Morgan fingerprint density at radius 2 is 1.72 bits per heavy atom. The van der Waals surface area contributed by atoms with Crippen LogP contribution in [0, 0.1) is 0 Å². The lowest BCUT2D eigenvalue weighted by molar-refractivity contribution is -0.127. The third-order valence-electron chi connectivity index (χ3n) is 2.47. The number of nitrogens with zero attached hydrogens (tertiary/aromatic N) is 1. The molecule has 2 aromatic heterocycles. The number of carbonyl (C=O) groups excluding carboxylic acids is 1. The molecule has 2 nitrogen and oxygen atoms in total. The molecule has 0 spiro atoms. The molecule has 0 N–H and O–H groups in total. The summed E-state index contributed by atoms with van der Waals surface area (Å²) in [5, 5.41) is 4.08. The maximum atomic E-state index is 12.0. The molecule has 0 aliphatic carbocycles. The van der Waals surface area contributed by atoms with Crippen molar-refractivity contribution in [1.82, 2.24) is 4.90 Å². The molecule has 2 heterocycles. The minimum absolute atomic E-state index is 0.0688. The first-order valence-electron chi connectivity index (χ1n) is 5.76. The quantitative estimate of drug-likeness (QED) is 0.759. The normalized spacial score (nSPS) is 10.9. The Balaban J connectivity index is 2.09. The number of carbonyl (C=O) groups is 1. The Morgan fingerprint density at radius 1 is 1.17 bits per heavy atom. The molecule has 0 radical (unpaired) electrons. The van der Waals surface area contributed by atoms with Gasteiger partial charge in [0.25, 0.3) is 0 Å². The van der Waals surface area contributed by atoms with Gasteiger partial charge in [-0.3, -0.25) is 4.79 Å². The number of thiophene rings is 2. The lowest BCUT2D eigenvalue weighted by Gasteiger charge is -2.19. The summed E-state index contributed by atoms with van der Waals surface area (Å²) < 4.78 is 0. The fourth-order valence-corrected chi connectivity index (χ4v) is 3.08. The van der Waals surface area contributed by atoms with Crippen molar-refractivity contribution in [3.63, 3.8) is 0 Å². The van der Waals surface area contributed by atoms with Crippen molar-refractivity contribution >= 4 is 28.6 Å². The Kier molecular flexibility index (Phi) is 4.73. The van der Waals surface area contributed by atoms with Crippen LogP contribution in [0.4, 0.5) is 0 Å². The third-order valence-corrected chi connectivity index (χ3v) is 4.20. The second-order valence-electron chi connectivity index (χ2n) is 3.85. The van der Waals surface area contributed by atoms with E-state index in [9.17, 15) is 4.79 Å². The topological polar surface area (TPSA) is 20.3 Å². The zero-order valence-electron chi connectivity index (χ0n) is 10.2. The molecule has 94 valence electrons. The average molecular weight is 277 g/mol. The van der Waals surface area contributed by atoms with Gasteiger partial charge in [-0.2, -0.15) is 0 Å². The monoisotopic (exact) mass is 277 g/mol. The van der Waals surface area contributed by atoms with E-state index >= 15 is 0 Å². The lowest BCUT2D eigenvalue weighted by atomic mass is 10.3. The molecule has 2 aromatic rings. The number of amides is 1. The van der Waals surface area contributed by atoms with Crippen LogP contribution >= 0.6 is 22.7 Å². The molecule has 0 saturated heterocycles. The van der Waals surface area contributed by atoms with Gasteiger partial charge in [0.05, 0.1) is 13.1 Å². The highest BCUT2D eigenvalue weighted by atomic mass is 32.1. The third kappa shape index (κ3) is 3.55. The van der Waals surface area contributed by atoms with Crippen LogP contribution in [0.25, 0.3) is 0 Å². The van der Waals surface area contributed by atoms with Gasteiger partial charge in [-0.05, 0) is 35.9 Å².